The summed E-state index contributed by atoms with van der Waals surface area (Å²) < 4.78 is 5.35. The van der Waals surface area contributed by atoms with Crippen LogP contribution in [0.1, 0.15) is 20.8 Å². The van der Waals surface area contributed by atoms with Gasteiger partial charge in [-0.05, 0) is 6.92 Å². The fraction of sp³-hybridized carbons (Fsp3) is 0.857. The number of nitrogens with zero attached hydrogens (tertiary/aromatic N) is 1. The highest BCUT2D eigenvalue weighted by atomic mass is 16.5. The van der Waals surface area contributed by atoms with Crippen molar-refractivity contribution in [3.63, 3.8) is 0 Å². The van der Waals surface area contributed by atoms with Gasteiger partial charge >= 0.3 is 0 Å². The summed E-state index contributed by atoms with van der Waals surface area (Å²) in [6.45, 7) is 7.07. The Labute approximate surface area is 55.9 Å². The molecule has 1 aliphatic rings. The van der Waals surface area contributed by atoms with E-state index in [9.17, 15) is 0 Å². The van der Waals surface area contributed by atoms with Gasteiger partial charge in [0.15, 0.2) is 5.90 Å². The van der Waals surface area contributed by atoms with Gasteiger partial charge in [-0.15, -0.1) is 0 Å². The molecule has 0 fully saturated rings. The molecular formula is C7H13NO. The molecular weight excluding hydrogens is 114 g/mol. The van der Waals surface area contributed by atoms with Crippen LogP contribution < -0.4 is 0 Å². The molecule has 0 bridgehead atoms. The lowest BCUT2D eigenvalue weighted by molar-refractivity contribution is 0.134. The van der Waals surface area contributed by atoms with Crippen molar-refractivity contribution in [1.29, 1.82) is 0 Å². The van der Waals surface area contributed by atoms with E-state index in [1.807, 2.05) is 6.92 Å². The lowest BCUT2D eigenvalue weighted by atomic mass is 10.1. The van der Waals surface area contributed by atoms with Gasteiger partial charge in [0.25, 0.3) is 0 Å². The Morgan fingerprint density at radius 2 is 2.22 bits per heavy atom. The van der Waals surface area contributed by atoms with Crippen LogP contribution >= 0.6 is 0 Å². The molecule has 2 atom stereocenters. The Kier molecular flexibility index (Phi) is 1.74. The lowest BCUT2D eigenvalue weighted by Crippen LogP contribution is -2.27. The minimum Gasteiger partial charge on any atom is -0.478 e. The highest BCUT2D eigenvalue weighted by Crippen LogP contribution is 2.12. The van der Waals surface area contributed by atoms with Gasteiger partial charge < -0.3 is 4.74 Å². The molecule has 1 heterocycles. The average molecular weight is 127 g/mol. The molecule has 2 nitrogen and oxygen atoms in total. The first-order valence-electron chi connectivity index (χ1n) is 3.38. The van der Waals surface area contributed by atoms with Crippen molar-refractivity contribution < 1.29 is 4.74 Å². The van der Waals surface area contributed by atoms with Crippen LogP contribution in [0.4, 0.5) is 0 Å². The predicted molar refractivity (Wildman–Crippen MR) is 37.7 cm³/mol. The van der Waals surface area contributed by atoms with Crippen LogP contribution in [-0.2, 0) is 4.74 Å². The van der Waals surface area contributed by atoms with Crippen molar-refractivity contribution in [2.45, 2.75) is 26.9 Å². The van der Waals surface area contributed by atoms with E-state index in [0.717, 1.165) is 12.4 Å². The molecule has 0 aromatic carbocycles. The Hall–Kier alpha value is -0.530. The largest absolute Gasteiger partial charge is 0.478 e. The Morgan fingerprint density at radius 3 is 2.67 bits per heavy atom. The maximum atomic E-state index is 5.35. The summed E-state index contributed by atoms with van der Waals surface area (Å²) in [5, 5.41) is 0. The number of aliphatic imine (C=N–C) groups is 1. The van der Waals surface area contributed by atoms with E-state index >= 15 is 0 Å². The standard InChI is InChI=1S/C7H13NO/c1-5-4-8-7(3)9-6(5)2/h5-6H,4H2,1-3H3. The van der Waals surface area contributed by atoms with Gasteiger partial charge in [-0.2, -0.15) is 0 Å². The van der Waals surface area contributed by atoms with Crippen LogP contribution in [0, 0.1) is 5.92 Å². The van der Waals surface area contributed by atoms with E-state index in [-0.39, 0.29) is 0 Å². The second-order valence-electron chi connectivity index (χ2n) is 2.66. The Balaban J connectivity index is 2.54. The monoisotopic (exact) mass is 127 g/mol. The molecule has 0 aromatic heterocycles. The molecule has 52 valence electrons. The molecule has 0 amide bonds. The van der Waals surface area contributed by atoms with Gasteiger partial charge in [0, 0.05) is 19.4 Å². The van der Waals surface area contributed by atoms with Crippen molar-refractivity contribution in [2.75, 3.05) is 6.54 Å². The smallest absolute Gasteiger partial charge is 0.180 e. The van der Waals surface area contributed by atoms with Crippen molar-refractivity contribution in [1.82, 2.24) is 0 Å². The quantitative estimate of drug-likeness (QED) is 0.482. The zero-order valence-electron chi connectivity index (χ0n) is 6.22. The molecule has 0 aliphatic carbocycles. The van der Waals surface area contributed by atoms with Gasteiger partial charge in [0.2, 0.25) is 0 Å². The molecule has 0 saturated carbocycles. The number of ether oxygens (including phenoxy) is 1. The lowest BCUT2D eigenvalue weighted by Gasteiger charge is -2.24. The van der Waals surface area contributed by atoms with Crippen LogP contribution in [-0.4, -0.2) is 18.5 Å². The first-order valence-corrected chi connectivity index (χ1v) is 3.38. The van der Waals surface area contributed by atoms with E-state index in [1.54, 1.807) is 0 Å². The first-order chi connectivity index (χ1) is 4.20. The maximum Gasteiger partial charge on any atom is 0.180 e. The summed E-state index contributed by atoms with van der Waals surface area (Å²) in [6, 6.07) is 0. The van der Waals surface area contributed by atoms with Gasteiger partial charge in [-0.25, -0.2) is 0 Å². The van der Waals surface area contributed by atoms with Crippen LogP contribution in [0.2, 0.25) is 0 Å². The summed E-state index contributed by atoms with van der Waals surface area (Å²) in [5.41, 5.74) is 0. The molecule has 0 saturated heterocycles. The van der Waals surface area contributed by atoms with E-state index in [2.05, 4.69) is 18.8 Å². The second-order valence-corrected chi connectivity index (χ2v) is 2.66. The Morgan fingerprint density at radius 1 is 1.56 bits per heavy atom. The third kappa shape index (κ3) is 1.44. The molecule has 9 heavy (non-hydrogen) atoms. The number of rotatable bonds is 0. The Bertz CT molecular complexity index is 131. The van der Waals surface area contributed by atoms with E-state index in [1.165, 1.54) is 0 Å². The highest BCUT2D eigenvalue weighted by Gasteiger charge is 2.17. The minimum atomic E-state index is 0.350. The zero-order chi connectivity index (χ0) is 6.85. The molecule has 0 N–H and O–H groups in total. The van der Waals surface area contributed by atoms with E-state index in [4.69, 9.17) is 4.74 Å². The number of hydrogen-bond donors (Lipinski definition) is 0. The van der Waals surface area contributed by atoms with Gasteiger partial charge in [-0.3, -0.25) is 4.99 Å². The molecule has 2 unspecified atom stereocenters. The fourth-order valence-corrected chi connectivity index (χ4v) is 0.843. The number of hydrogen-bond acceptors (Lipinski definition) is 2. The molecule has 0 aromatic rings. The topological polar surface area (TPSA) is 21.6 Å². The summed E-state index contributed by atoms with van der Waals surface area (Å²) in [6.07, 6.45) is 0.350. The zero-order valence-corrected chi connectivity index (χ0v) is 6.22. The molecule has 1 rings (SSSR count). The third-order valence-corrected chi connectivity index (χ3v) is 1.76. The van der Waals surface area contributed by atoms with Gasteiger partial charge in [0.1, 0.15) is 6.10 Å². The van der Waals surface area contributed by atoms with Crippen molar-refractivity contribution in [2.24, 2.45) is 10.9 Å². The van der Waals surface area contributed by atoms with Gasteiger partial charge in [0.05, 0.1) is 0 Å². The van der Waals surface area contributed by atoms with E-state index in [0.29, 0.717) is 12.0 Å². The van der Waals surface area contributed by atoms with Gasteiger partial charge in [-0.1, -0.05) is 6.92 Å². The maximum absolute atomic E-state index is 5.35. The molecule has 1 aliphatic heterocycles. The normalized spacial score (nSPS) is 35.2. The summed E-state index contributed by atoms with van der Waals surface area (Å²) >= 11 is 0. The minimum absolute atomic E-state index is 0.350. The van der Waals surface area contributed by atoms with Crippen LogP contribution in [0.5, 0.6) is 0 Å². The molecule has 2 heteroatoms. The summed E-state index contributed by atoms with van der Waals surface area (Å²) in [7, 11) is 0. The van der Waals surface area contributed by atoms with E-state index < -0.39 is 0 Å². The fourth-order valence-electron chi connectivity index (χ4n) is 0.843. The first kappa shape index (κ1) is 6.59. The van der Waals surface area contributed by atoms with Crippen LogP contribution in [0.15, 0.2) is 4.99 Å². The van der Waals surface area contributed by atoms with Crippen molar-refractivity contribution >= 4 is 5.90 Å². The highest BCUT2D eigenvalue weighted by molar-refractivity contribution is 5.73. The predicted octanol–water partition coefficient (Wildman–Crippen LogP) is 1.46. The summed E-state index contributed by atoms with van der Waals surface area (Å²) in [5.74, 6) is 1.41. The molecule has 0 spiro atoms. The van der Waals surface area contributed by atoms with Crippen molar-refractivity contribution in [3.8, 4) is 0 Å². The second kappa shape index (κ2) is 2.38. The summed E-state index contributed by atoms with van der Waals surface area (Å²) in [4.78, 5) is 4.16. The van der Waals surface area contributed by atoms with Crippen LogP contribution in [0.3, 0.4) is 0 Å². The molecule has 0 radical (unpaired) electrons. The SMILES string of the molecule is CC1=NCC(C)C(C)O1. The average Bonchev–Trinajstić information content (AvgIpc) is 1.80. The van der Waals surface area contributed by atoms with Crippen LogP contribution in [0.25, 0.3) is 0 Å². The van der Waals surface area contributed by atoms with Crippen molar-refractivity contribution in [3.05, 3.63) is 0 Å². The third-order valence-electron chi connectivity index (χ3n) is 1.76.